The lowest BCUT2D eigenvalue weighted by atomic mass is 10.3. The summed E-state index contributed by atoms with van der Waals surface area (Å²) in [5.41, 5.74) is 2.24. The van der Waals surface area contributed by atoms with E-state index in [0.29, 0.717) is 17.2 Å². The summed E-state index contributed by atoms with van der Waals surface area (Å²) in [4.78, 5) is 12.1. The highest BCUT2D eigenvalue weighted by Crippen LogP contribution is 2.17. The number of carbonyl (C=O) groups excluding carboxylic acids is 1. The lowest BCUT2D eigenvalue weighted by Crippen LogP contribution is -2.15. The minimum atomic E-state index is -0.169. The summed E-state index contributed by atoms with van der Waals surface area (Å²) in [6.07, 6.45) is 0. The summed E-state index contributed by atoms with van der Waals surface area (Å²) in [6, 6.07) is 7.24. The molecule has 3 aromatic rings. The number of rotatable bonds is 3. The zero-order valence-corrected chi connectivity index (χ0v) is 12.4. The van der Waals surface area contributed by atoms with Crippen molar-refractivity contribution in [2.75, 3.05) is 5.32 Å². The molecule has 0 aliphatic carbocycles. The number of amides is 1. The fourth-order valence-electron chi connectivity index (χ4n) is 1.85. The molecule has 0 spiro atoms. The first-order valence-corrected chi connectivity index (χ1v) is 7.29. The van der Waals surface area contributed by atoms with Gasteiger partial charge in [-0.25, -0.2) is 0 Å². The Hall–Kier alpha value is -2.54. The molecular formula is C14H13N5OS. The molecule has 0 atom stereocenters. The van der Waals surface area contributed by atoms with Crippen molar-refractivity contribution in [3.05, 3.63) is 52.0 Å². The van der Waals surface area contributed by atoms with Crippen LogP contribution in [0.2, 0.25) is 0 Å². The average molecular weight is 299 g/mol. The van der Waals surface area contributed by atoms with E-state index < -0.39 is 0 Å². The minimum Gasteiger partial charge on any atom is -0.306 e. The Morgan fingerprint density at radius 1 is 1.19 bits per heavy atom. The monoisotopic (exact) mass is 299 g/mol. The van der Waals surface area contributed by atoms with Crippen LogP contribution >= 0.6 is 11.3 Å². The molecule has 1 amide bonds. The maximum atomic E-state index is 12.1. The largest absolute Gasteiger partial charge is 0.306 e. The van der Waals surface area contributed by atoms with Crippen LogP contribution in [0, 0.1) is 13.8 Å². The van der Waals surface area contributed by atoms with Crippen molar-refractivity contribution in [3.8, 4) is 5.82 Å². The average Bonchev–Trinajstić information content (AvgIpc) is 3.09. The van der Waals surface area contributed by atoms with Crippen molar-refractivity contribution in [1.29, 1.82) is 0 Å². The van der Waals surface area contributed by atoms with Crippen LogP contribution in [0.4, 0.5) is 5.82 Å². The van der Waals surface area contributed by atoms with Crippen molar-refractivity contribution in [1.82, 2.24) is 20.0 Å². The molecule has 3 heterocycles. The number of aromatic nitrogens is 4. The standard InChI is InChI=1S/C14H13N5OS/c1-9-3-4-12(17-16-9)19-13(7-10(2)18-19)15-14(20)11-5-6-21-8-11/h3-8H,1-2H3,(H,15,20). The van der Waals surface area contributed by atoms with Crippen molar-refractivity contribution in [3.63, 3.8) is 0 Å². The predicted molar refractivity (Wildman–Crippen MR) is 80.9 cm³/mol. The number of hydrogen-bond acceptors (Lipinski definition) is 5. The topological polar surface area (TPSA) is 72.7 Å². The van der Waals surface area contributed by atoms with Crippen molar-refractivity contribution in [2.24, 2.45) is 0 Å². The molecule has 0 aliphatic rings. The fraction of sp³-hybridized carbons (Fsp3) is 0.143. The molecular weight excluding hydrogens is 286 g/mol. The molecule has 3 aromatic heterocycles. The number of thiophene rings is 1. The third-order valence-electron chi connectivity index (χ3n) is 2.86. The van der Waals surface area contributed by atoms with Crippen molar-refractivity contribution < 1.29 is 4.79 Å². The molecule has 3 rings (SSSR count). The molecule has 106 valence electrons. The van der Waals surface area contributed by atoms with Gasteiger partial charge in [-0.05, 0) is 37.4 Å². The van der Waals surface area contributed by atoms with Crippen LogP contribution in [-0.4, -0.2) is 25.9 Å². The fourth-order valence-corrected chi connectivity index (χ4v) is 2.49. The first-order chi connectivity index (χ1) is 10.1. The van der Waals surface area contributed by atoms with Gasteiger partial charge in [0.25, 0.3) is 5.91 Å². The Morgan fingerprint density at radius 2 is 2.05 bits per heavy atom. The second-order valence-electron chi connectivity index (χ2n) is 4.58. The Kier molecular flexibility index (Phi) is 3.49. The van der Waals surface area contributed by atoms with Gasteiger partial charge in [0.15, 0.2) is 5.82 Å². The smallest absolute Gasteiger partial charge is 0.257 e. The van der Waals surface area contributed by atoms with E-state index in [1.54, 1.807) is 22.2 Å². The number of nitrogens with zero attached hydrogens (tertiary/aromatic N) is 4. The summed E-state index contributed by atoms with van der Waals surface area (Å²) in [5, 5.41) is 19.0. The van der Waals surface area contributed by atoms with E-state index in [-0.39, 0.29) is 5.91 Å². The number of carbonyl (C=O) groups is 1. The number of nitrogens with one attached hydrogen (secondary N) is 1. The minimum absolute atomic E-state index is 0.169. The molecule has 0 unspecified atom stereocenters. The highest BCUT2D eigenvalue weighted by Gasteiger charge is 2.13. The van der Waals surface area contributed by atoms with E-state index in [2.05, 4.69) is 20.6 Å². The summed E-state index contributed by atoms with van der Waals surface area (Å²) in [7, 11) is 0. The Labute approximate surface area is 125 Å². The van der Waals surface area contributed by atoms with Gasteiger partial charge in [-0.1, -0.05) is 0 Å². The normalized spacial score (nSPS) is 10.6. The highest BCUT2D eigenvalue weighted by molar-refractivity contribution is 7.08. The van der Waals surface area contributed by atoms with E-state index in [4.69, 9.17) is 0 Å². The maximum Gasteiger partial charge on any atom is 0.257 e. The zero-order chi connectivity index (χ0) is 14.8. The Balaban J connectivity index is 1.92. The van der Waals surface area contributed by atoms with Gasteiger partial charge in [0.2, 0.25) is 0 Å². The maximum absolute atomic E-state index is 12.1. The summed E-state index contributed by atoms with van der Waals surface area (Å²) in [5.74, 6) is 0.966. The van der Waals surface area contributed by atoms with Crippen LogP contribution in [0.1, 0.15) is 21.7 Å². The first kappa shape index (κ1) is 13.4. The summed E-state index contributed by atoms with van der Waals surface area (Å²) in [6.45, 7) is 3.72. The van der Waals surface area contributed by atoms with Gasteiger partial charge in [-0.3, -0.25) is 4.79 Å². The number of anilines is 1. The van der Waals surface area contributed by atoms with Crippen LogP contribution in [0.5, 0.6) is 0 Å². The van der Waals surface area contributed by atoms with E-state index in [1.807, 2.05) is 31.4 Å². The molecule has 1 N–H and O–H groups in total. The van der Waals surface area contributed by atoms with Gasteiger partial charge < -0.3 is 5.32 Å². The molecule has 0 aromatic carbocycles. The highest BCUT2D eigenvalue weighted by atomic mass is 32.1. The SMILES string of the molecule is Cc1ccc(-n2nc(C)cc2NC(=O)c2ccsc2)nn1. The number of hydrogen-bond donors (Lipinski definition) is 1. The lowest BCUT2D eigenvalue weighted by Gasteiger charge is -2.07. The number of aryl methyl sites for hydroxylation is 2. The van der Waals surface area contributed by atoms with Gasteiger partial charge in [0, 0.05) is 11.4 Å². The Morgan fingerprint density at radius 3 is 2.71 bits per heavy atom. The van der Waals surface area contributed by atoms with Gasteiger partial charge in [-0.2, -0.15) is 26.2 Å². The molecule has 0 aliphatic heterocycles. The van der Waals surface area contributed by atoms with Crippen LogP contribution in [-0.2, 0) is 0 Å². The quantitative estimate of drug-likeness (QED) is 0.807. The molecule has 7 heteroatoms. The molecule has 0 fully saturated rings. The van der Waals surface area contributed by atoms with Gasteiger partial charge in [0.05, 0.1) is 17.0 Å². The van der Waals surface area contributed by atoms with Crippen LogP contribution in [0.15, 0.2) is 35.0 Å². The van der Waals surface area contributed by atoms with E-state index in [0.717, 1.165) is 11.4 Å². The van der Waals surface area contributed by atoms with Crippen LogP contribution in [0.3, 0.4) is 0 Å². The third kappa shape index (κ3) is 2.82. The molecule has 0 radical (unpaired) electrons. The third-order valence-corrected chi connectivity index (χ3v) is 3.54. The van der Waals surface area contributed by atoms with Gasteiger partial charge in [-0.15, -0.1) is 5.10 Å². The van der Waals surface area contributed by atoms with Gasteiger partial charge >= 0.3 is 0 Å². The molecule has 0 saturated heterocycles. The molecule has 21 heavy (non-hydrogen) atoms. The molecule has 0 bridgehead atoms. The van der Waals surface area contributed by atoms with Crippen molar-refractivity contribution in [2.45, 2.75) is 13.8 Å². The van der Waals surface area contributed by atoms with Gasteiger partial charge in [0.1, 0.15) is 5.82 Å². The second-order valence-corrected chi connectivity index (χ2v) is 5.36. The lowest BCUT2D eigenvalue weighted by molar-refractivity contribution is 0.102. The Bertz CT molecular complexity index is 761. The summed E-state index contributed by atoms with van der Waals surface area (Å²) < 4.78 is 1.58. The second kappa shape index (κ2) is 5.45. The van der Waals surface area contributed by atoms with E-state index in [1.165, 1.54) is 11.3 Å². The van der Waals surface area contributed by atoms with Crippen LogP contribution in [0.25, 0.3) is 5.82 Å². The molecule has 0 saturated carbocycles. The van der Waals surface area contributed by atoms with Crippen molar-refractivity contribution >= 4 is 23.1 Å². The zero-order valence-electron chi connectivity index (χ0n) is 11.6. The van der Waals surface area contributed by atoms with E-state index in [9.17, 15) is 4.79 Å². The first-order valence-electron chi connectivity index (χ1n) is 6.34. The van der Waals surface area contributed by atoms with E-state index >= 15 is 0 Å². The molecule has 6 nitrogen and oxygen atoms in total. The van der Waals surface area contributed by atoms with Crippen LogP contribution < -0.4 is 5.32 Å². The summed E-state index contributed by atoms with van der Waals surface area (Å²) >= 11 is 1.48. The predicted octanol–water partition coefficient (Wildman–Crippen LogP) is 2.59.